The molecule has 0 saturated heterocycles. The van der Waals surface area contributed by atoms with Gasteiger partial charge < -0.3 is 5.32 Å². The number of rotatable bonds is 3. The zero-order valence-corrected chi connectivity index (χ0v) is 18.7. The number of hydrazone groups is 1. The first-order valence-electron chi connectivity index (χ1n) is 10.5. The van der Waals surface area contributed by atoms with Crippen molar-refractivity contribution in [3.63, 3.8) is 0 Å². The Morgan fingerprint density at radius 3 is 2.62 bits per heavy atom. The predicted octanol–water partition coefficient (Wildman–Crippen LogP) is 3.45. The van der Waals surface area contributed by atoms with Crippen molar-refractivity contribution >= 4 is 44.2 Å². The number of benzene rings is 1. The summed E-state index contributed by atoms with van der Waals surface area (Å²) < 4.78 is 39.4. The second-order valence-electron chi connectivity index (χ2n) is 8.43. The highest BCUT2D eigenvalue weighted by Gasteiger charge is 2.43. The summed E-state index contributed by atoms with van der Waals surface area (Å²) in [5.41, 5.74) is 1.96. The number of nitrogens with one attached hydrogen (secondary N) is 1. The van der Waals surface area contributed by atoms with Gasteiger partial charge in [0.25, 0.3) is 0 Å². The molecule has 1 aliphatic heterocycles. The summed E-state index contributed by atoms with van der Waals surface area (Å²) >= 11 is 0. The lowest BCUT2D eigenvalue weighted by atomic mass is 9.78. The van der Waals surface area contributed by atoms with Gasteiger partial charge in [-0.05, 0) is 44.0 Å². The molecule has 11 heteroatoms. The van der Waals surface area contributed by atoms with Crippen molar-refractivity contribution in [2.24, 2.45) is 10.2 Å². The lowest BCUT2D eigenvalue weighted by Crippen LogP contribution is -2.47. The Labute approximate surface area is 185 Å². The van der Waals surface area contributed by atoms with Crippen LogP contribution in [0.4, 0.5) is 21.8 Å². The number of aromatic nitrogens is 3. The van der Waals surface area contributed by atoms with Gasteiger partial charge in [-0.25, -0.2) is 22.9 Å². The van der Waals surface area contributed by atoms with Gasteiger partial charge in [-0.1, -0.05) is 19.3 Å². The Kier molecular flexibility index (Phi) is 4.71. The third-order valence-corrected chi connectivity index (χ3v) is 7.37. The summed E-state index contributed by atoms with van der Waals surface area (Å²) in [4.78, 5) is 8.57. The van der Waals surface area contributed by atoms with E-state index in [9.17, 15) is 12.8 Å². The highest BCUT2D eigenvalue weighted by Crippen LogP contribution is 2.44. The van der Waals surface area contributed by atoms with Crippen LogP contribution < -0.4 is 15.5 Å². The lowest BCUT2D eigenvalue weighted by Gasteiger charge is -2.44. The molecule has 1 aromatic carbocycles. The van der Waals surface area contributed by atoms with Gasteiger partial charge in [0.2, 0.25) is 16.0 Å². The van der Waals surface area contributed by atoms with Crippen LogP contribution in [-0.2, 0) is 15.6 Å². The monoisotopic (exact) mass is 457 g/mol. The van der Waals surface area contributed by atoms with Gasteiger partial charge in [-0.15, -0.1) is 0 Å². The molecule has 5 rings (SSSR count). The van der Waals surface area contributed by atoms with Crippen LogP contribution in [0.1, 0.15) is 39.0 Å². The molecule has 0 unspecified atom stereocenters. The minimum Gasteiger partial charge on any atom is -0.324 e. The number of hydrogen-bond donors (Lipinski definition) is 2. The van der Waals surface area contributed by atoms with Crippen molar-refractivity contribution < 1.29 is 12.8 Å². The molecule has 2 aromatic heterocycles. The fourth-order valence-corrected chi connectivity index (χ4v) is 5.48. The summed E-state index contributed by atoms with van der Waals surface area (Å²) in [5, 5.41) is 15.6. The topological polar surface area (TPSA) is 118 Å². The van der Waals surface area contributed by atoms with Gasteiger partial charge in [0.1, 0.15) is 22.2 Å². The van der Waals surface area contributed by atoms with Crippen LogP contribution in [0.15, 0.2) is 40.5 Å². The molecule has 3 aromatic rings. The molecule has 1 spiro atoms. The van der Waals surface area contributed by atoms with Crippen molar-refractivity contribution in [2.45, 2.75) is 49.5 Å². The van der Waals surface area contributed by atoms with Gasteiger partial charge in [0.05, 0.1) is 11.3 Å². The Bertz CT molecular complexity index is 1360. The fourth-order valence-electron chi connectivity index (χ4n) is 4.89. The zero-order valence-electron chi connectivity index (χ0n) is 17.8. The van der Waals surface area contributed by atoms with Crippen LogP contribution in [0.2, 0.25) is 0 Å². The minimum absolute atomic E-state index is 0.212. The van der Waals surface area contributed by atoms with Gasteiger partial charge in [-0.2, -0.15) is 10.1 Å². The van der Waals surface area contributed by atoms with Crippen molar-refractivity contribution in [3.05, 3.63) is 36.3 Å². The first-order valence-corrected chi connectivity index (χ1v) is 12.0. The van der Waals surface area contributed by atoms with E-state index in [1.54, 1.807) is 6.20 Å². The van der Waals surface area contributed by atoms with Crippen molar-refractivity contribution in [1.82, 2.24) is 14.5 Å². The van der Waals surface area contributed by atoms with E-state index in [0.717, 1.165) is 60.4 Å². The molecular weight excluding hydrogens is 433 g/mol. The maximum absolute atomic E-state index is 14.2. The van der Waals surface area contributed by atoms with Crippen LogP contribution in [0.25, 0.3) is 11.0 Å². The predicted molar refractivity (Wildman–Crippen MR) is 121 cm³/mol. The molecule has 9 nitrogen and oxygen atoms in total. The summed E-state index contributed by atoms with van der Waals surface area (Å²) in [5.74, 6) is 0.311. The van der Waals surface area contributed by atoms with E-state index in [0.29, 0.717) is 5.69 Å². The third-order valence-electron chi connectivity index (χ3n) is 6.43. The fraction of sp³-hybridized carbons (Fsp3) is 0.381. The quantitative estimate of drug-likeness (QED) is 0.622. The van der Waals surface area contributed by atoms with Crippen LogP contribution in [-0.4, -0.2) is 35.7 Å². The first-order chi connectivity index (χ1) is 15.2. The molecule has 2 aliphatic rings. The Balaban J connectivity index is 1.58. The molecule has 0 amide bonds. The van der Waals surface area contributed by atoms with E-state index < -0.39 is 20.7 Å². The average molecular weight is 458 g/mol. The standard InChI is InChI=1S/C21H24FN7O2S/c1-13-21(8-4-3-5-9-21)29-18(28(2)27-13)10-14-12-24-20(26-19(14)29)25-15-6-7-17(16(22)11-15)32(23,30)31/h6-7,10-12H,3-5,8-9H2,1-2H3,(H2,23,30,31)(H,24,25,26). The summed E-state index contributed by atoms with van der Waals surface area (Å²) in [6.07, 6.45) is 7.19. The van der Waals surface area contributed by atoms with Crippen LogP contribution >= 0.6 is 0 Å². The molecule has 1 aliphatic carbocycles. The lowest BCUT2D eigenvalue weighted by molar-refractivity contribution is 0.282. The normalized spacial score (nSPS) is 18.0. The second kappa shape index (κ2) is 7.24. The Hall–Kier alpha value is -3.05. The van der Waals surface area contributed by atoms with E-state index in [-0.39, 0.29) is 11.5 Å². The average Bonchev–Trinajstić information content (AvgIpc) is 3.12. The number of nitrogens with two attached hydrogens (primary N) is 1. The van der Waals surface area contributed by atoms with Crippen LogP contribution in [0, 0.1) is 5.82 Å². The van der Waals surface area contributed by atoms with E-state index in [4.69, 9.17) is 15.2 Å². The molecule has 32 heavy (non-hydrogen) atoms. The Morgan fingerprint density at radius 1 is 1.19 bits per heavy atom. The number of primary sulfonamides is 1. The number of fused-ring (bicyclic) bond motifs is 4. The maximum Gasteiger partial charge on any atom is 0.240 e. The number of sulfonamides is 1. The zero-order chi connectivity index (χ0) is 22.7. The largest absolute Gasteiger partial charge is 0.324 e. The number of nitrogens with zero attached hydrogens (tertiary/aromatic N) is 5. The van der Waals surface area contributed by atoms with Crippen LogP contribution in [0.3, 0.4) is 0 Å². The molecule has 0 bridgehead atoms. The molecule has 0 radical (unpaired) electrons. The van der Waals surface area contributed by atoms with Crippen molar-refractivity contribution in [2.75, 3.05) is 17.4 Å². The molecule has 3 heterocycles. The van der Waals surface area contributed by atoms with Gasteiger partial charge in [0.15, 0.2) is 0 Å². The summed E-state index contributed by atoms with van der Waals surface area (Å²) in [6.45, 7) is 2.08. The highest BCUT2D eigenvalue weighted by atomic mass is 32.2. The van der Waals surface area contributed by atoms with E-state index >= 15 is 0 Å². The maximum atomic E-state index is 14.2. The second-order valence-corrected chi connectivity index (χ2v) is 9.96. The van der Waals surface area contributed by atoms with Crippen molar-refractivity contribution in [1.29, 1.82) is 0 Å². The Morgan fingerprint density at radius 2 is 1.94 bits per heavy atom. The molecule has 0 atom stereocenters. The number of hydrogen-bond acceptors (Lipinski definition) is 7. The van der Waals surface area contributed by atoms with Gasteiger partial charge in [0, 0.05) is 24.3 Å². The smallest absolute Gasteiger partial charge is 0.240 e. The molecule has 1 fully saturated rings. The van der Waals surface area contributed by atoms with E-state index in [1.807, 2.05) is 18.1 Å². The first kappa shape index (κ1) is 20.8. The van der Waals surface area contributed by atoms with Crippen LogP contribution in [0.5, 0.6) is 0 Å². The number of anilines is 3. The highest BCUT2D eigenvalue weighted by molar-refractivity contribution is 7.89. The summed E-state index contributed by atoms with van der Waals surface area (Å²) in [7, 11) is -2.21. The SMILES string of the molecule is CC1=NN(C)c2cc3cnc(Nc4ccc(S(N)(=O)=O)c(F)c4)nc3n2C12CCCCC2. The number of halogens is 1. The van der Waals surface area contributed by atoms with E-state index in [2.05, 4.69) is 21.8 Å². The third kappa shape index (κ3) is 3.23. The molecule has 168 valence electrons. The van der Waals surface area contributed by atoms with Gasteiger partial charge >= 0.3 is 0 Å². The van der Waals surface area contributed by atoms with E-state index in [1.165, 1.54) is 12.5 Å². The van der Waals surface area contributed by atoms with Crippen molar-refractivity contribution in [3.8, 4) is 0 Å². The minimum atomic E-state index is -4.13. The molecule has 3 N–H and O–H groups in total. The molecular formula is C21H24FN7O2S. The van der Waals surface area contributed by atoms with Gasteiger partial charge in [-0.3, -0.25) is 9.58 Å². The molecule has 1 saturated carbocycles. The summed E-state index contributed by atoms with van der Waals surface area (Å²) in [6, 6.07) is 5.65.